The molecule has 3 heteroatoms. The molecule has 15 heavy (non-hydrogen) atoms. The Balaban J connectivity index is 3.87. The number of rotatable bonds is 8. The molecule has 0 aromatic heterocycles. The SMILES string of the molecule is C=CC(=O)C(CCCCN(C)C)N(C)C. The van der Waals surface area contributed by atoms with Crippen molar-refractivity contribution >= 4 is 5.78 Å². The lowest BCUT2D eigenvalue weighted by atomic mass is 10.0. The van der Waals surface area contributed by atoms with Crippen molar-refractivity contribution in [1.82, 2.24) is 9.80 Å². The zero-order chi connectivity index (χ0) is 11.8. The van der Waals surface area contributed by atoms with Crippen LogP contribution in [0.5, 0.6) is 0 Å². The van der Waals surface area contributed by atoms with Crippen LogP contribution in [-0.4, -0.2) is 56.4 Å². The van der Waals surface area contributed by atoms with E-state index in [1.165, 1.54) is 6.08 Å². The van der Waals surface area contributed by atoms with Gasteiger partial charge < -0.3 is 4.90 Å². The average Bonchev–Trinajstić information content (AvgIpc) is 2.15. The molecule has 0 rings (SSSR count). The maximum Gasteiger partial charge on any atom is 0.172 e. The van der Waals surface area contributed by atoms with Crippen molar-refractivity contribution in [3.8, 4) is 0 Å². The van der Waals surface area contributed by atoms with Crippen LogP contribution in [0.3, 0.4) is 0 Å². The monoisotopic (exact) mass is 212 g/mol. The van der Waals surface area contributed by atoms with E-state index in [4.69, 9.17) is 0 Å². The molecule has 0 aliphatic heterocycles. The van der Waals surface area contributed by atoms with Crippen LogP contribution in [0.15, 0.2) is 12.7 Å². The lowest BCUT2D eigenvalue weighted by Crippen LogP contribution is -2.34. The van der Waals surface area contributed by atoms with E-state index in [1.54, 1.807) is 0 Å². The van der Waals surface area contributed by atoms with Gasteiger partial charge in [-0.25, -0.2) is 0 Å². The second-order valence-electron chi connectivity index (χ2n) is 4.38. The number of hydrogen-bond acceptors (Lipinski definition) is 3. The maximum atomic E-state index is 11.5. The molecule has 0 N–H and O–H groups in total. The Labute approximate surface area is 93.7 Å². The summed E-state index contributed by atoms with van der Waals surface area (Å²) < 4.78 is 0. The normalized spacial score (nSPS) is 13.2. The number of hydrogen-bond donors (Lipinski definition) is 0. The summed E-state index contributed by atoms with van der Waals surface area (Å²) in [5, 5.41) is 0. The Kier molecular flexibility index (Phi) is 7.26. The van der Waals surface area contributed by atoms with Crippen LogP contribution in [0.4, 0.5) is 0 Å². The molecule has 0 saturated heterocycles. The molecule has 1 atom stereocenters. The molecule has 0 saturated carbocycles. The quantitative estimate of drug-likeness (QED) is 0.449. The summed E-state index contributed by atoms with van der Waals surface area (Å²) in [7, 11) is 8.02. The van der Waals surface area contributed by atoms with Crippen LogP contribution in [0.1, 0.15) is 19.3 Å². The number of carbonyl (C=O) groups excluding carboxylic acids is 1. The van der Waals surface area contributed by atoms with Crippen LogP contribution < -0.4 is 0 Å². The van der Waals surface area contributed by atoms with Crippen LogP contribution >= 0.6 is 0 Å². The smallest absolute Gasteiger partial charge is 0.172 e. The van der Waals surface area contributed by atoms with E-state index >= 15 is 0 Å². The summed E-state index contributed by atoms with van der Waals surface area (Å²) in [4.78, 5) is 15.6. The predicted molar refractivity (Wildman–Crippen MR) is 65.1 cm³/mol. The molecular formula is C12H24N2O. The Hall–Kier alpha value is -0.670. The Morgan fingerprint density at radius 1 is 1.27 bits per heavy atom. The molecule has 0 aromatic rings. The van der Waals surface area contributed by atoms with E-state index < -0.39 is 0 Å². The molecule has 0 aliphatic rings. The van der Waals surface area contributed by atoms with Crippen LogP contribution in [-0.2, 0) is 4.79 Å². The van der Waals surface area contributed by atoms with Crippen molar-refractivity contribution in [3.63, 3.8) is 0 Å². The highest BCUT2D eigenvalue weighted by molar-refractivity contribution is 5.93. The van der Waals surface area contributed by atoms with E-state index in [2.05, 4.69) is 25.6 Å². The first kappa shape index (κ1) is 14.3. The van der Waals surface area contributed by atoms with Crippen molar-refractivity contribution in [2.45, 2.75) is 25.3 Å². The Morgan fingerprint density at radius 3 is 2.27 bits per heavy atom. The third-order valence-corrected chi connectivity index (χ3v) is 2.49. The maximum absolute atomic E-state index is 11.5. The minimum Gasteiger partial charge on any atom is -0.309 e. The molecule has 0 fully saturated rings. The molecule has 3 nitrogen and oxygen atoms in total. The fraction of sp³-hybridized carbons (Fsp3) is 0.750. The lowest BCUT2D eigenvalue weighted by Gasteiger charge is -2.21. The minimum absolute atomic E-state index is 0.00432. The van der Waals surface area contributed by atoms with E-state index in [1.807, 2.05) is 19.0 Å². The molecular weight excluding hydrogens is 188 g/mol. The van der Waals surface area contributed by atoms with Gasteiger partial charge in [-0.2, -0.15) is 0 Å². The summed E-state index contributed by atoms with van der Waals surface area (Å²) >= 11 is 0. The first-order valence-electron chi connectivity index (χ1n) is 5.46. The Bertz CT molecular complexity index is 200. The van der Waals surface area contributed by atoms with Crippen LogP contribution in [0.25, 0.3) is 0 Å². The van der Waals surface area contributed by atoms with E-state index in [0.29, 0.717) is 0 Å². The van der Waals surface area contributed by atoms with Gasteiger partial charge in [0, 0.05) is 0 Å². The van der Waals surface area contributed by atoms with E-state index in [-0.39, 0.29) is 11.8 Å². The van der Waals surface area contributed by atoms with Gasteiger partial charge in [-0.05, 0) is 53.7 Å². The first-order valence-corrected chi connectivity index (χ1v) is 5.46. The van der Waals surface area contributed by atoms with Gasteiger partial charge in [-0.3, -0.25) is 9.69 Å². The van der Waals surface area contributed by atoms with Gasteiger partial charge in [0.15, 0.2) is 5.78 Å². The van der Waals surface area contributed by atoms with Gasteiger partial charge >= 0.3 is 0 Å². The summed E-state index contributed by atoms with van der Waals surface area (Å²) in [5.74, 6) is 0.129. The van der Waals surface area contributed by atoms with Gasteiger partial charge in [-0.1, -0.05) is 13.0 Å². The minimum atomic E-state index is 0.00432. The average molecular weight is 212 g/mol. The number of ketones is 1. The molecule has 0 aliphatic carbocycles. The highest BCUT2D eigenvalue weighted by atomic mass is 16.1. The number of likely N-dealkylation sites (N-methyl/N-ethyl adjacent to an activating group) is 1. The van der Waals surface area contributed by atoms with Gasteiger partial charge in [0.05, 0.1) is 6.04 Å². The van der Waals surface area contributed by atoms with Crippen molar-refractivity contribution in [3.05, 3.63) is 12.7 Å². The second-order valence-corrected chi connectivity index (χ2v) is 4.38. The summed E-state index contributed by atoms with van der Waals surface area (Å²) in [6.07, 6.45) is 4.57. The zero-order valence-electron chi connectivity index (χ0n) is 10.5. The van der Waals surface area contributed by atoms with Crippen molar-refractivity contribution in [2.24, 2.45) is 0 Å². The third kappa shape index (κ3) is 6.42. The number of carbonyl (C=O) groups is 1. The molecule has 88 valence electrons. The topological polar surface area (TPSA) is 23.6 Å². The fourth-order valence-electron chi connectivity index (χ4n) is 1.56. The molecule has 0 spiro atoms. The van der Waals surface area contributed by atoms with Gasteiger partial charge in [0.2, 0.25) is 0 Å². The largest absolute Gasteiger partial charge is 0.309 e. The Morgan fingerprint density at radius 2 is 1.87 bits per heavy atom. The zero-order valence-corrected chi connectivity index (χ0v) is 10.5. The highest BCUT2D eigenvalue weighted by Gasteiger charge is 2.16. The highest BCUT2D eigenvalue weighted by Crippen LogP contribution is 2.07. The van der Waals surface area contributed by atoms with Crippen LogP contribution in [0, 0.1) is 0 Å². The van der Waals surface area contributed by atoms with Crippen molar-refractivity contribution in [1.29, 1.82) is 0 Å². The summed E-state index contributed by atoms with van der Waals surface area (Å²) in [5.41, 5.74) is 0. The molecule has 1 unspecified atom stereocenters. The van der Waals surface area contributed by atoms with Crippen molar-refractivity contribution in [2.75, 3.05) is 34.7 Å². The third-order valence-electron chi connectivity index (χ3n) is 2.49. The van der Waals surface area contributed by atoms with Gasteiger partial charge in [0.25, 0.3) is 0 Å². The lowest BCUT2D eigenvalue weighted by molar-refractivity contribution is -0.119. The number of nitrogens with zero attached hydrogens (tertiary/aromatic N) is 2. The van der Waals surface area contributed by atoms with Crippen LogP contribution in [0.2, 0.25) is 0 Å². The molecule has 0 aromatic carbocycles. The first-order chi connectivity index (χ1) is 6.99. The van der Waals surface area contributed by atoms with E-state index in [9.17, 15) is 4.79 Å². The second kappa shape index (κ2) is 7.60. The predicted octanol–water partition coefficient (Wildman–Crippen LogP) is 1.40. The fourth-order valence-corrected chi connectivity index (χ4v) is 1.56. The van der Waals surface area contributed by atoms with E-state index in [0.717, 1.165) is 25.8 Å². The van der Waals surface area contributed by atoms with Gasteiger partial charge in [-0.15, -0.1) is 0 Å². The van der Waals surface area contributed by atoms with Crippen molar-refractivity contribution < 1.29 is 4.79 Å². The summed E-state index contributed by atoms with van der Waals surface area (Å²) in [6.45, 7) is 4.62. The standard InChI is InChI=1S/C12H24N2O/c1-6-12(15)11(14(4)5)9-7-8-10-13(2)3/h6,11H,1,7-10H2,2-5H3. The molecule has 0 amide bonds. The molecule has 0 bridgehead atoms. The van der Waals surface area contributed by atoms with Gasteiger partial charge in [0.1, 0.15) is 0 Å². The molecule has 0 radical (unpaired) electrons. The summed E-state index contributed by atoms with van der Waals surface area (Å²) in [6, 6.07) is 0.00432. The molecule has 0 heterocycles. The number of unbranched alkanes of at least 4 members (excludes halogenated alkanes) is 1.